The summed E-state index contributed by atoms with van der Waals surface area (Å²) in [5, 5.41) is 4.85. The van der Waals surface area contributed by atoms with E-state index in [9.17, 15) is 4.79 Å². The van der Waals surface area contributed by atoms with Gasteiger partial charge in [0.2, 0.25) is 0 Å². The average Bonchev–Trinajstić information content (AvgIpc) is 3.23. The first-order chi connectivity index (χ1) is 19.2. The molecule has 0 unspecified atom stereocenters. The first-order valence-corrected chi connectivity index (χ1v) is 12.5. The van der Waals surface area contributed by atoms with E-state index in [-0.39, 0.29) is 6.61 Å². The Bertz CT molecular complexity index is 1550. The molecule has 1 aromatic carbocycles. The fourth-order valence-corrected chi connectivity index (χ4v) is 4.29. The highest BCUT2D eigenvalue weighted by Crippen LogP contribution is 2.31. The van der Waals surface area contributed by atoms with Crippen LogP contribution in [0.5, 0.6) is 11.5 Å². The van der Waals surface area contributed by atoms with Crippen LogP contribution >= 0.6 is 0 Å². The Kier molecular flexibility index (Phi) is 8.18. The highest BCUT2D eigenvalue weighted by atomic mass is 16.6. The standard InChI is InChI=1S/C30H27N5O4/c1-22-27(11-15-38-34-19-30(36)39-26-8-5-13-32-18-26)28-16-25(37-21-24-7-2-3-14-33-24)9-10-29(28)35(22)20-23-6-4-12-31-17-23/h2-10,12-14,16-19H,11,15,20-21H2,1H3. The molecule has 0 aliphatic rings. The van der Waals surface area contributed by atoms with Crippen LogP contribution in [0.4, 0.5) is 0 Å². The van der Waals surface area contributed by atoms with Crippen LogP contribution < -0.4 is 9.47 Å². The van der Waals surface area contributed by atoms with E-state index in [1.54, 1.807) is 30.7 Å². The van der Waals surface area contributed by atoms with Crippen molar-refractivity contribution in [1.29, 1.82) is 0 Å². The Hall–Kier alpha value is -5.05. The largest absolute Gasteiger partial charge is 0.487 e. The molecule has 9 nitrogen and oxygen atoms in total. The zero-order valence-corrected chi connectivity index (χ0v) is 21.4. The second kappa shape index (κ2) is 12.5. The first kappa shape index (κ1) is 25.6. The molecule has 0 bridgehead atoms. The van der Waals surface area contributed by atoms with E-state index >= 15 is 0 Å². The normalized spacial score (nSPS) is 11.1. The molecule has 0 aliphatic carbocycles. The number of hydrogen-bond acceptors (Lipinski definition) is 8. The van der Waals surface area contributed by atoms with Crippen LogP contribution in [0.3, 0.4) is 0 Å². The van der Waals surface area contributed by atoms with Gasteiger partial charge >= 0.3 is 5.97 Å². The Morgan fingerprint density at radius 3 is 2.62 bits per heavy atom. The molecule has 0 fully saturated rings. The van der Waals surface area contributed by atoms with Crippen LogP contribution in [-0.2, 0) is 29.2 Å². The van der Waals surface area contributed by atoms with Crippen molar-refractivity contribution in [1.82, 2.24) is 19.5 Å². The lowest BCUT2D eigenvalue weighted by molar-refractivity contribution is -0.126. The predicted octanol–water partition coefficient (Wildman–Crippen LogP) is 4.91. The summed E-state index contributed by atoms with van der Waals surface area (Å²) in [6.07, 6.45) is 10.0. The van der Waals surface area contributed by atoms with Gasteiger partial charge in [-0.15, -0.1) is 0 Å². The summed E-state index contributed by atoms with van der Waals surface area (Å²) in [4.78, 5) is 29.8. The maximum atomic E-state index is 11.9. The van der Waals surface area contributed by atoms with Crippen molar-refractivity contribution in [2.75, 3.05) is 6.61 Å². The molecule has 0 N–H and O–H groups in total. The highest BCUT2D eigenvalue weighted by Gasteiger charge is 2.16. The lowest BCUT2D eigenvalue weighted by Gasteiger charge is -2.09. The number of carbonyl (C=O) groups is 1. The van der Waals surface area contributed by atoms with E-state index in [0.29, 0.717) is 25.3 Å². The van der Waals surface area contributed by atoms with E-state index < -0.39 is 5.97 Å². The highest BCUT2D eigenvalue weighted by molar-refractivity contribution is 6.23. The van der Waals surface area contributed by atoms with Gasteiger partial charge in [0.05, 0.1) is 11.9 Å². The summed E-state index contributed by atoms with van der Waals surface area (Å²) in [5.74, 6) is 0.457. The number of pyridine rings is 3. The molecule has 0 spiro atoms. The molecule has 0 radical (unpaired) electrons. The number of nitrogens with zero attached hydrogens (tertiary/aromatic N) is 5. The summed E-state index contributed by atoms with van der Waals surface area (Å²) < 4.78 is 13.4. The topological polar surface area (TPSA) is 101 Å². The molecule has 0 amide bonds. The van der Waals surface area contributed by atoms with E-state index in [1.807, 2.05) is 36.5 Å². The van der Waals surface area contributed by atoms with E-state index in [0.717, 1.165) is 45.4 Å². The minimum atomic E-state index is -0.637. The molecule has 0 atom stereocenters. The third-order valence-electron chi connectivity index (χ3n) is 6.13. The SMILES string of the molecule is Cc1c(CCON=CC(=O)Oc2cccnc2)c2cc(OCc3ccccn3)ccc2n1Cc1cccnc1. The molecule has 0 saturated heterocycles. The number of benzene rings is 1. The number of oxime groups is 1. The second-order valence-corrected chi connectivity index (χ2v) is 8.73. The van der Waals surface area contributed by atoms with E-state index in [4.69, 9.17) is 14.3 Å². The van der Waals surface area contributed by atoms with Gasteiger partial charge in [0, 0.05) is 54.3 Å². The maximum Gasteiger partial charge on any atom is 0.358 e. The van der Waals surface area contributed by atoms with Gasteiger partial charge in [-0.05, 0) is 66.6 Å². The Morgan fingerprint density at radius 2 is 1.85 bits per heavy atom. The molecule has 0 aliphatic heterocycles. The molecule has 5 rings (SSSR count). The predicted molar refractivity (Wildman–Crippen MR) is 147 cm³/mol. The van der Waals surface area contributed by atoms with Crippen LogP contribution in [-0.4, -0.2) is 38.3 Å². The van der Waals surface area contributed by atoms with Gasteiger partial charge < -0.3 is 18.9 Å². The van der Waals surface area contributed by atoms with Gasteiger partial charge in [0.25, 0.3) is 0 Å². The number of carbonyl (C=O) groups excluding carboxylic acids is 1. The average molecular weight is 522 g/mol. The van der Waals surface area contributed by atoms with Crippen LogP contribution in [0.2, 0.25) is 0 Å². The van der Waals surface area contributed by atoms with Gasteiger partial charge in [0.15, 0.2) is 6.21 Å². The van der Waals surface area contributed by atoms with Crippen molar-refractivity contribution >= 4 is 23.1 Å². The third kappa shape index (κ3) is 6.64. The van der Waals surface area contributed by atoms with Crippen molar-refractivity contribution < 1.29 is 19.1 Å². The number of hydrogen-bond donors (Lipinski definition) is 0. The second-order valence-electron chi connectivity index (χ2n) is 8.73. The lowest BCUT2D eigenvalue weighted by Crippen LogP contribution is -2.09. The van der Waals surface area contributed by atoms with Crippen LogP contribution in [0.15, 0.2) is 96.8 Å². The molecule has 196 valence electrons. The lowest BCUT2D eigenvalue weighted by atomic mass is 10.1. The van der Waals surface area contributed by atoms with E-state index in [1.165, 1.54) is 6.20 Å². The maximum absolute atomic E-state index is 11.9. The van der Waals surface area contributed by atoms with Gasteiger partial charge in [-0.3, -0.25) is 15.0 Å². The van der Waals surface area contributed by atoms with E-state index in [2.05, 4.69) is 49.8 Å². The number of rotatable bonds is 11. The van der Waals surface area contributed by atoms with Crippen molar-refractivity contribution in [3.05, 3.63) is 114 Å². The molecular formula is C30H27N5O4. The molecular weight excluding hydrogens is 494 g/mol. The quantitative estimate of drug-likeness (QED) is 0.105. The molecule has 0 saturated carbocycles. The number of esters is 1. The minimum Gasteiger partial charge on any atom is -0.487 e. The smallest absolute Gasteiger partial charge is 0.358 e. The fourth-order valence-electron chi connectivity index (χ4n) is 4.29. The molecule has 9 heteroatoms. The molecule has 4 aromatic heterocycles. The number of aromatic nitrogens is 4. The van der Waals surface area contributed by atoms with Gasteiger partial charge in [-0.2, -0.15) is 0 Å². The molecule has 4 heterocycles. The van der Waals surface area contributed by atoms with Crippen molar-refractivity contribution in [3.8, 4) is 11.5 Å². The van der Waals surface area contributed by atoms with Gasteiger partial charge in [-0.1, -0.05) is 17.3 Å². The van der Waals surface area contributed by atoms with Crippen molar-refractivity contribution in [2.45, 2.75) is 26.5 Å². The van der Waals surface area contributed by atoms with Crippen LogP contribution in [0, 0.1) is 6.92 Å². The van der Waals surface area contributed by atoms with Gasteiger partial charge in [0.1, 0.15) is 24.7 Å². The Balaban J connectivity index is 1.31. The summed E-state index contributed by atoms with van der Waals surface area (Å²) in [7, 11) is 0. The van der Waals surface area contributed by atoms with Gasteiger partial charge in [-0.25, -0.2) is 4.79 Å². The molecule has 39 heavy (non-hydrogen) atoms. The fraction of sp³-hybridized carbons (Fsp3) is 0.167. The summed E-state index contributed by atoms with van der Waals surface area (Å²) in [5.41, 5.74) is 5.27. The summed E-state index contributed by atoms with van der Waals surface area (Å²) in [6, 6.07) is 19.2. The zero-order valence-electron chi connectivity index (χ0n) is 21.4. The van der Waals surface area contributed by atoms with Crippen molar-refractivity contribution in [3.63, 3.8) is 0 Å². The minimum absolute atomic E-state index is 0.280. The Morgan fingerprint density at radius 1 is 0.974 bits per heavy atom. The third-order valence-corrected chi connectivity index (χ3v) is 6.13. The van der Waals surface area contributed by atoms with Crippen LogP contribution in [0.25, 0.3) is 10.9 Å². The summed E-state index contributed by atoms with van der Waals surface area (Å²) in [6.45, 7) is 3.44. The monoisotopic (exact) mass is 521 g/mol. The summed E-state index contributed by atoms with van der Waals surface area (Å²) >= 11 is 0. The Labute approximate surface area is 225 Å². The van der Waals surface area contributed by atoms with Crippen LogP contribution in [0.1, 0.15) is 22.5 Å². The number of ether oxygens (including phenoxy) is 2. The molecule has 5 aromatic rings. The van der Waals surface area contributed by atoms with Crippen molar-refractivity contribution in [2.24, 2.45) is 5.16 Å². The number of fused-ring (bicyclic) bond motifs is 1. The zero-order chi connectivity index (χ0) is 26.9. The first-order valence-electron chi connectivity index (χ1n) is 12.5.